The van der Waals surface area contributed by atoms with Crippen LogP contribution in [0.2, 0.25) is 0 Å². The molecule has 2 saturated heterocycles. The van der Waals surface area contributed by atoms with Gasteiger partial charge in [0.15, 0.2) is 0 Å². The first kappa shape index (κ1) is 101. The third kappa shape index (κ3) is 172. The van der Waals surface area contributed by atoms with Crippen molar-refractivity contribution < 1.29 is 98.9 Å². The Morgan fingerprint density at radius 3 is 0.271 bits per heavy atom. The van der Waals surface area contributed by atoms with Crippen molar-refractivity contribution in [2.75, 3.05) is 26.4 Å². The maximum Gasteiger partial charge on any atom is 3.00 e. The molecule has 2 aliphatic heterocycles. The van der Waals surface area contributed by atoms with Crippen LogP contribution in [0.1, 0.15) is 247 Å². The van der Waals surface area contributed by atoms with Crippen LogP contribution in [0.5, 0.6) is 0 Å². The Balaban J connectivity index is -0.0000000531. The number of hydrogen-bond donors (Lipinski definition) is 0. The fourth-order valence-electron chi connectivity index (χ4n) is 5.79. The van der Waals surface area contributed by atoms with Crippen LogP contribution in [0.4, 0.5) is 0 Å². The quantitative estimate of drug-likeness (QED) is 0.143. The van der Waals surface area contributed by atoms with Crippen LogP contribution in [0.3, 0.4) is 0 Å². The Morgan fingerprint density at radius 2 is 0.257 bits per heavy atom. The van der Waals surface area contributed by atoms with E-state index >= 15 is 0 Å². The largest absolute Gasteiger partial charge is 3.00 e. The predicted octanol–water partition coefficient (Wildman–Crippen LogP) is 13.0. The van der Waals surface area contributed by atoms with Gasteiger partial charge in [0.2, 0.25) is 0 Å². The summed E-state index contributed by atoms with van der Waals surface area (Å²) in [6.07, 6.45) is 5.11. The summed E-state index contributed by atoms with van der Waals surface area (Å²) < 4.78 is 9.89. The second-order valence-electron chi connectivity index (χ2n) is 21.3. The topological polar surface area (TPSA) is 131 Å². The first-order chi connectivity index (χ1) is 30.0. The Bertz CT molecular complexity index is 590. The molecule has 2 heterocycles. The molecule has 0 aromatic rings. The molecule has 70 heavy (non-hydrogen) atoms. The second-order valence-corrected chi connectivity index (χ2v) is 21.3. The van der Waals surface area contributed by atoms with Crippen LogP contribution in [0, 0.1) is 0 Å². The Morgan fingerprint density at radius 1 is 0.186 bits per heavy atom. The molecular formula is C56H128Li2N8O2Sc2. The summed E-state index contributed by atoms with van der Waals surface area (Å²) in [5, 5.41) is 34.2. The van der Waals surface area contributed by atoms with E-state index in [2.05, 4.69) is 264 Å². The molecule has 0 unspecified atom stereocenters. The summed E-state index contributed by atoms with van der Waals surface area (Å²) in [6.45, 7) is 71.1. The van der Waals surface area contributed by atoms with Crippen LogP contribution >= 0.6 is 0 Å². The van der Waals surface area contributed by atoms with Gasteiger partial charge < -0.3 is 52.0 Å². The average Bonchev–Trinajstić information content (AvgIpc) is 3.82. The monoisotopic (exact) mass is 1050 g/mol. The van der Waals surface area contributed by atoms with Gasteiger partial charge in [0.05, 0.1) is 0 Å². The summed E-state index contributed by atoms with van der Waals surface area (Å²) in [6, 6.07) is 8.00. The van der Waals surface area contributed by atoms with E-state index in [1.807, 2.05) is 0 Å². The fraction of sp³-hybridized carbons (Fsp3) is 1.00. The van der Waals surface area contributed by atoms with E-state index in [0.29, 0.717) is 96.7 Å². The molecule has 0 bridgehead atoms. The van der Waals surface area contributed by atoms with Crippen molar-refractivity contribution in [2.45, 2.75) is 344 Å². The van der Waals surface area contributed by atoms with E-state index in [0.717, 1.165) is 26.4 Å². The van der Waals surface area contributed by atoms with E-state index < -0.39 is 0 Å². The van der Waals surface area contributed by atoms with E-state index in [1.165, 1.54) is 25.7 Å². The van der Waals surface area contributed by atoms with Gasteiger partial charge in [0.1, 0.15) is 0 Å². The molecule has 2 fully saturated rings. The van der Waals surface area contributed by atoms with Gasteiger partial charge in [-0.05, 0) is 25.7 Å². The third-order valence-corrected chi connectivity index (χ3v) is 6.42. The number of nitrogens with zero attached hydrogens (tertiary/aromatic N) is 8. The molecule has 0 N–H and O–H groups in total. The smallest absolute Gasteiger partial charge is 0.658 e. The van der Waals surface area contributed by atoms with Crippen molar-refractivity contribution in [3.05, 3.63) is 42.5 Å². The van der Waals surface area contributed by atoms with Crippen LogP contribution in [0.15, 0.2) is 0 Å². The summed E-state index contributed by atoms with van der Waals surface area (Å²) in [5.41, 5.74) is 0. The number of hydrogen-bond acceptors (Lipinski definition) is 2. The van der Waals surface area contributed by atoms with E-state index in [4.69, 9.17) is 9.47 Å². The molecule has 0 amide bonds. The van der Waals surface area contributed by atoms with Crippen molar-refractivity contribution in [2.24, 2.45) is 0 Å². The van der Waals surface area contributed by atoms with Crippen molar-refractivity contribution in [3.63, 3.8) is 0 Å². The van der Waals surface area contributed by atoms with Gasteiger partial charge in [-0.25, -0.2) is 0 Å². The molecule has 0 atom stereocenters. The van der Waals surface area contributed by atoms with Gasteiger partial charge in [-0.2, -0.15) is 0 Å². The SMILES string of the molecule is C1CCOC1.C1CCOC1.CC(C)[N-]C(C)C.CC(C)[N-]C(C)C.CC(C)[N-]C(C)C.CC(C)[N-]C(C)C.CC(C)[N-]C(C)C.CC(C)[N-]C(C)C.CC(C)[N-]C(C)C.CC(C)[N-]C(C)C.[Li+].[Li+].[Sc+3].[Sc+3]. The molecular weight excluding hydrogens is 920 g/mol. The molecule has 10 nitrogen and oxygen atoms in total. The van der Waals surface area contributed by atoms with Crippen molar-refractivity contribution in [3.8, 4) is 0 Å². The van der Waals surface area contributed by atoms with E-state index in [9.17, 15) is 0 Å². The molecule has 0 spiro atoms. The minimum atomic E-state index is 0. The first-order valence-electron chi connectivity index (χ1n) is 26.8. The van der Waals surface area contributed by atoms with Crippen LogP contribution in [-0.2, 0) is 61.2 Å². The molecule has 0 aromatic heterocycles. The van der Waals surface area contributed by atoms with Crippen molar-refractivity contribution >= 4 is 0 Å². The Kier molecular flexibility index (Phi) is 110. The minimum Gasteiger partial charge on any atom is -0.658 e. The molecule has 0 aromatic carbocycles. The maximum atomic E-state index is 4.94. The molecule has 14 heteroatoms. The van der Waals surface area contributed by atoms with Crippen LogP contribution < -0.4 is 37.7 Å². The number of rotatable bonds is 16. The molecule has 0 saturated carbocycles. The molecule has 2 aliphatic rings. The molecule has 2 rings (SSSR count). The summed E-state index contributed by atoms with van der Waals surface area (Å²) in [5.74, 6) is 0. The standard InChI is InChI=1S/8C6H14N.2C4H8O.2Li.2Sc/c8*1-5(2)7-6(3)4;2*1-2-4-5-3-1;;;;/h8*5-6H,1-4H3;2*1-4H2;;;;/q8*-1;;;2*+1;2*+3. The van der Waals surface area contributed by atoms with Gasteiger partial charge in [0, 0.05) is 26.4 Å². The van der Waals surface area contributed by atoms with E-state index in [-0.39, 0.29) is 89.4 Å². The summed E-state index contributed by atoms with van der Waals surface area (Å²) >= 11 is 0. The Labute approximate surface area is 507 Å². The average molecular weight is 1050 g/mol. The van der Waals surface area contributed by atoms with Crippen LogP contribution in [-0.4, -0.2) is 123 Å². The number of ether oxygens (including phenoxy) is 2. The van der Waals surface area contributed by atoms with Gasteiger partial charge in [0.25, 0.3) is 0 Å². The fourth-order valence-corrected chi connectivity index (χ4v) is 5.79. The zero-order valence-corrected chi connectivity index (χ0v) is 58.0. The first-order valence-corrected chi connectivity index (χ1v) is 26.8. The normalized spacial score (nSPS) is 12.3. The maximum absolute atomic E-state index is 4.94. The molecule has 0 radical (unpaired) electrons. The zero-order chi connectivity index (χ0) is 54.0. The molecule has 0 aliphatic carbocycles. The minimum absolute atomic E-state index is 0. The van der Waals surface area contributed by atoms with E-state index in [1.54, 1.807) is 0 Å². The Hall–Kier alpha value is 2.54. The van der Waals surface area contributed by atoms with Crippen LogP contribution in [0.25, 0.3) is 42.5 Å². The van der Waals surface area contributed by atoms with Crippen molar-refractivity contribution in [1.82, 2.24) is 0 Å². The zero-order valence-electron chi connectivity index (χ0n) is 54.4. The van der Waals surface area contributed by atoms with Gasteiger partial charge in [-0.1, -0.05) is 222 Å². The van der Waals surface area contributed by atoms with Gasteiger partial charge >= 0.3 is 89.4 Å². The van der Waals surface area contributed by atoms with Crippen molar-refractivity contribution in [1.29, 1.82) is 0 Å². The third-order valence-electron chi connectivity index (χ3n) is 6.42. The summed E-state index contributed by atoms with van der Waals surface area (Å²) in [4.78, 5) is 0. The summed E-state index contributed by atoms with van der Waals surface area (Å²) in [7, 11) is 0. The molecule has 412 valence electrons. The van der Waals surface area contributed by atoms with Gasteiger partial charge in [-0.3, -0.25) is 0 Å². The second kappa shape index (κ2) is 75.8. The van der Waals surface area contributed by atoms with Gasteiger partial charge in [-0.15, -0.1) is 96.7 Å². The predicted molar refractivity (Wildman–Crippen MR) is 309 cm³/mol.